The molecule has 0 bridgehead atoms. The quantitative estimate of drug-likeness (QED) is 0.787. The van der Waals surface area contributed by atoms with Gasteiger partial charge in [-0.05, 0) is 60.9 Å². The van der Waals surface area contributed by atoms with Crippen LogP contribution in [0.5, 0.6) is 5.75 Å². The summed E-state index contributed by atoms with van der Waals surface area (Å²) in [6.07, 6.45) is 3.02. The molecule has 1 amide bonds. The van der Waals surface area contributed by atoms with E-state index in [-0.39, 0.29) is 10.8 Å². The van der Waals surface area contributed by atoms with Crippen LogP contribution in [0.1, 0.15) is 31.7 Å². The number of aryl methyl sites for hydroxylation is 1. The third kappa shape index (κ3) is 4.24. The van der Waals surface area contributed by atoms with Gasteiger partial charge in [0, 0.05) is 24.3 Å². The standard InChI is InChI=1S/C20H24N2O4S/c1-3-4-13-22-19-11-6-16(14-15(19)5-12-20(22)23)21-27(24,25)18-9-7-17(26-2)8-10-18/h6-11,14,21H,3-5,12-13H2,1-2H3. The number of methoxy groups -OCH3 is 1. The number of unbranched alkanes of at least 4 members (excludes halogenated alkanes) is 1. The van der Waals surface area contributed by atoms with Gasteiger partial charge in [0.25, 0.3) is 10.0 Å². The predicted octanol–water partition coefficient (Wildman–Crippen LogP) is 3.58. The Labute approximate surface area is 160 Å². The lowest BCUT2D eigenvalue weighted by Crippen LogP contribution is -2.35. The van der Waals surface area contributed by atoms with Crippen LogP contribution < -0.4 is 14.4 Å². The molecule has 6 nitrogen and oxygen atoms in total. The average Bonchev–Trinajstić information content (AvgIpc) is 2.67. The fraction of sp³-hybridized carbons (Fsp3) is 0.350. The second-order valence-electron chi connectivity index (χ2n) is 6.52. The van der Waals surface area contributed by atoms with E-state index in [1.54, 1.807) is 18.2 Å². The number of nitrogens with one attached hydrogen (secondary N) is 1. The van der Waals surface area contributed by atoms with Crippen molar-refractivity contribution in [1.29, 1.82) is 0 Å². The number of benzene rings is 2. The Bertz CT molecular complexity index is 923. The number of fused-ring (bicyclic) bond motifs is 1. The first kappa shape index (κ1) is 19.2. The van der Waals surface area contributed by atoms with Crippen LogP contribution in [0.15, 0.2) is 47.4 Å². The second-order valence-corrected chi connectivity index (χ2v) is 8.21. The minimum Gasteiger partial charge on any atom is -0.497 e. The summed E-state index contributed by atoms with van der Waals surface area (Å²) in [6, 6.07) is 11.6. The van der Waals surface area contributed by atoms with E-state index in [9.17, 15) is 13.2 Å². The maximum atomic E-state index is 12.6. The lowest BCUT2D eigenvalue weighted by atomic mass is 10.00. The summed E-state index contributed by atoms with van der Waals surface area (Å²) >= 11 is 0. The summed E-state index contributed by atoms with van der Waals surface area (Å²) in [5.74, 6) is 0.724. The molecular formula is C20H24N2O4S. The summed E-state index contributed by atoms with van der Waals surface area (Å²) < 4.78 is 32.9. The molecule has 7 heteroatoms. The third-order valence-electron chi connectivity index (χ3n) is 4.64. The highest BCUT2D eigenvalue weighted by Gasteiger charge is 2.24. The van der Waals surface area contributed by atoms with Gasteiger partial charge in [-0.25, -0.2) is 8.42 Å². The molecule has 0 radical (unpaired) electrons. The molecule has 0 spiro atoms. The van der Waals surface area contributed by atoms with Crippen molar-refractivity contribution in [2.75, 3.05) is 23.3 Å². The van der Waals surface area contributed by atoms with E-state index >= 15 is 0 Å². The maximum Gasteiger partial charge on any atom is 0.261 e. The third-order valence-corrected chi connectivity index (χ3v) is 6.03. The molecule has 0 saturated carbocycles. The van der Waals surface area contributed by atoms with Gasteiger partial charge in [0.05, 0.1) is 12.0 Å². The van der Waals surface area contributed by atoms with Crippen molar-refractivity contribution >= 4 is 27.3 Å². The molecule has 0 fully saturated rings. The Morgan fingerprint density at radius 1 is 1.11 bits per heavy atom. The van der Waals surface area contributed by atoms with Gasteiger partial charge in [0.1, 0.15) is 5.75 Å². The summed E-state index contributed by atoms with van der Waals surface area (Å²) in [4.78, 5) is 14.2. The van der Waals surface area contributed by atoms with Gasteiger partial charge in [0.15, 0.2) is 0 Å². The summed E-state index contributed by atoms with van der Waals surface area (Å²) in [5, 5.41) is 0. The molecule has 0 unspecified atom stereocenters. The zero-order valence-electron chi connectivity index (χ0n) is 15.6. The number of hydrogen-bond acceptors (Lipinski definition) is 4. The van der Waals surface area contributed by atoms with Crippen LogP contribution in [0.2, 0.25) is 0 Å². The molecule has 0 aromatic heterocycles. The Kier molecular flexibility index (Phi) is 5.70. The van der Waals surface area contributed by atoms with E-state index in [0.29, 0.717) is 30.8 Å². The monoisotopic (exact) mass is 388 g/mol. The number of amides is 1. The van der Waals surface area contributed by atoms with Crippen molar-refractivity contribution in [3.63, 3.8) is 0 Å². The molecule has 1 heterocycles. The Balaban J connectivity index is 1.83. The van der Waals surface area contributed by atoms with Crippen molar-refractivity contribution in [3.05, 3.63) is 48.0 Å². The number of carbonyl (C=O) groups excluding carboxylic acids is 1. The van der Waals surface area contributed by atoms with Crippen molar-refractivity contribution < 1.29 is 17.9 Å². The van der Waals surface area contributed by atoms with Crippen molar-refractivity contribution in [2.24, 2.45) is 0 Å². The molecule has 2 aromatic rings. The number of nitrogens with zero attached hydrogens (tertiary/aromatic N) is 1. The molecular weight excluding hydrogens is 364 g/mol. The molecule has 1 aliphatic rings. The van der Waals surface area contributed by atoms with Gasteiger partial charge in [-0.15, -0.1) is 0 Å². The molecule has 27 heavy (non-hydrogen) atoms. The fourth-order valence-corrected chi connectivity index (χ4v) is 4.20. The summed E-state index contributed by atoms with van der Waals surface area (Å²) in [7, 11) is -2.16. The zero-order valence-corrected chi connectivity index (χ0v) is 16.4. The molecule has 144 valence electrons. The number of carbonyl (C=O) groups is 1. The van der Waals surface area contributed by atoms with Crippen LogP contribution in [-0.2, 0) is 21.2 Å². The highest BCUT2D eigenvalue weighted by molar-refractivity contribution is 7.92. The van der Waals surface area contributed by atoms with Crippen LogP contribution in [0.4, 0.5) is 11.4 Å². The van der Waals surface area contributed by atoms with E-state index in [0.717, 1.165) is 24.1 Å². The smallest absolute Gasteiger partial charge is 0.261 e. The minimum absolute atomic E-state index is 0.127. The Morgan fingerprint density at radius 3 is 2.52 bits per heavy atom. The van der Waals surface area contributed by atoms with E-state index in [1.165, 1.54) is 19.2 Å². The topological polar surface area (TPSA) is 75.7 Å². The average molecular weight is 388 g/mol. The molecule has 2 aromatic carbocycles. The number of anilines is 2. The lowest BCUT2D eigenvalue weighted by Gasteiger charge is -2.29. The SMILES string of the molecule is CCCCN1C(=O)CCc2cc(NS(=O)(=O)c3ccc(OC)cc3)ccc21. The van der Waals surface area contributed by atoms with Gasteiger partial charge in [0.2, 0.25) is 5.91 Å². The van der Waals surface area contributed by atoms with Gasteiger partial charge in [-0.1, -0.05) is 13.3 Å². The van der Waals surface area contributed by atoms with Gasteiger partial charge < -0.3 is 9.64 Å². The van der Waals surface area contributed by atoms with E-state index in [2.05, 4.69) is 11.6 Å². The molecule has 0 atom stereocenters. The minimum atomic E-state index is -3.69. The fourth-order valence-electron chi connectivity index (χ4n) is 3.15. The van der Waals surface area contributed by atoms with E-state index in [4.69, 9.17) is 4.74 Å². The first-order chi connectivity index (χ1) is 12.9. The summed E-state index contributed by atoms with van der Waals surface area (Å²) in [6.45, 7) is 2.78. The van der Waals surface area contributed by atoms with Crippen LogP contribution in [0.3, 0.4) is 0 Å². The molecule has 3 rings (SSSR count). The lowest BCUT2D eigenvalue weighted by molar-refractivity contribution is -0.118. The molecule has 1 N–H and O–H groups in total. The highest BCUT2D eigenvalue weighted by Crippen LogP contribution is 2.31. The zero-order chi connectivity index (χ0) is 19.4. The molecule has 0 aliphatic carbocycles. The van der Waals surface area contributed by atoms with Crippen molar-refractivity contribution in [3.8, 4) is 5.75 Å². The van der Waals surface area contributed by atoms with Gasteiger partial charge >= 0.3 is 0 Å². The first-order valence-corrected chi connectivity index (χ1v) is 10.5. The number of sulfonamides is 1. The Morgan fingerprint density at radius 2 is 1.85 bits per heavy atom. The van der Waals surface area contributed by atoms with E-state index in [1.807, 2.05) is 17.0 Å². The van der Waals surface area contributed by atoms with E-state index < -0.39 is 10.0 Å². The Hall–Kier alpha value is -2.54. The van der Waals surface area contributed by atoms with Crippen LogP contribution in [0, 0.1) is 0 Å². The van der Waals surface area contributed by atoms with Crippen LogP contribution in [-0.4, -0.2) is 28.0 Å². The summed E-state index contributed by atoms with van der Waals surface area (Å²) in [5.41, 5.74) is 2.36. The van der Waals surface area contributed by atoms with Crippen molar-refractivity contribution in [2.45, 2.75) is 37.5 Å². The maximum absolute atomic E-state index is 12.6. The number of rotatable bonds is 7. The van der Waals surface area contributed by atoms with Crippen LogP contribution >= 0.6 is 0 Å². The van der Waals surface area contributed by atoms with Crippen LogP contribution in [0.25, 0.3) is 0 Å². The predicted molar refractivity (Wildman–Crippen MR) is 106 cm³/mol. The normalized spacial score (nSPS) is 14.0. The molecule has 0 saturated heterocycles. The number of ether oxygens (including phenoxy) is 1. The van der Waals surface area contributed by atoms with Gasteiger partial charge in [-0.3, -0.25) is 9.52 Å². The van der Waals surface area contributed by atoms with Crippen molar-refractivity contribution in [1.82, 2.24) is 0 Å². The first-order valence-electron chi connectivity index (χ1n) is 9.05. The number of hydrogen-bond donors (Lipinski definition) is 1. The second kappa shape index (κ2) is 8.00. The highest BCUT2D eigenvalue weighted by atomic mass is 32.2. The largest absolute Gasteiger partial charge is 0.497 e. The molecule has 1 aliphatic heterocycles. The van der Waals surface area contributed by atoms with Gasteiger partial charge in [-0.2, -0.15) is 0 Å².